The molecule has 3 rings (SSSR count). The number of rotatable bonds is 3. The zero-order valence-corrected chi connectivity index (χ0v) is 18.4. The molecule has 152 valence electrons. The summed E-state index contributed by atoms with van der Waals surface area (Å²) >= 11 is 11.9. The molecule has 1 unspecified atom stereocenters. The largest absolute Gasteiger partial charge is 0.495 e. The molecule has 0 aliphatic rings. The Labute approximate surface area is 185 Å². The van der Waals surface area contributed by atoms with Crippen LogP contribution in [0.3, 0.4) is 0 Å². The number of carbonyl (C=O) groups excluding carboxylic acids is 1. The fourth-order valence-electron chi connectivity index (χ4n) is 2.52. The minimum atomic E-state index is -3.05. The Morgan fingerprint density at radius 1 is 1.07 bits per heavy atom. The van der Waals surface area contributed by atoms with Gasteiger partial charge in [-0.3, -0.25) is 9.78 Å². The van der Waals surface area contributed by atoms with E-state index < -0.39 is 15.6 Å². The Balaban J connectivity index is 1.92. The molecule has 0 bridgehead atoms. The van der Waals surface area contributed by atoms with Crippen molar-refractivity contribution < 1.29 is 13.7 Å². The molecule has 1 atom stereocenters. The lowest BCUT2D eigenvalue weighted by Crippen LogP contribution is -2.04. The molecule has 0 radical (unpaired) electrons. The second kappa shape index (κ2) is 9.31. The fourth-order valence-corrected chi connectivity index (χ4v) is 4.40. The number of methoxy groups -OCH3 is 1. The Kier molecular flexibility index (Phi) is 6.78. The smallest absolute Gasteiger partial charge is 0.286 e. The van der Waals surface area contributed by atoms with Crippen molar-refractivity contribution in [2.45, 2.75) is 4.90 Å². The first-order valence-electron chi connectivity index (χ1n) is 8.61. The van der Waals surface area contributed by atoms with E-state index in [2.05, 4.69) is 21.2 Å². The quantitative estimate of drug-likeness (QED) is 0.512. The first-order chi connectivity index (χ1) is 14.3. The predicted molar refractivity (Wildman–Crippen MR) is 119 cm³/mol. The third kappa shape index (κ3) is 5.39. The maximum atomic E-state index is 13.0. The molecule has 3 aromatic rings. The molecule has 0 aliphatic carbocycles. The predicted octanol–water partition coefficient (Wildman–Crippen LogP) is 5.09. The molecule has 8 heteroatoms. The van der Waals surface area contributed by atoms with Gasteiger partial charge in [-0.1, -0.05) is 47.2 Å². The van der Waals surface area contributed by atoms with Crippen LogP contribution in [0.2, 0.25) is 10.0 Å². The third-order valence-corrected chi connectivity index (χ3v) is 6.03. The van der Waals surface area contributed by atoms with E-state index in [0.717, 1.165) is 0 Å². The van der Waals surface area contributed by atoms with Crippen LogP contribution in [0.15, 0.2) is 70.2 Å². The lowest BCUT2D eigenvalue weighted by molar-refractivity contribution is 0.100. The summed E-state index contributed by atoms with van der Waals surface area (Å²) < 4.78 is 22.1. The van der Waals surface area contributed by atoms with Crippen LogP contribution in [-0.2, 0) is 9.73 Å². The molecular formula is C22H16Cl2N2O3S. The minimum absolute atomic E-state index is 0.171. The van der Waals surface area contributed by atoms with Gasteiger partial charge in [-0.25, -0.2) is 4.21 Å². The van der Waals surface area contributed by atoms with E-state index >= 15 is 0 Å². The fraction of sp³-hybridized carbons (Fsp3) is 0.0909. The van der Waals surface area contributed by atoms with E-state index in [-0.39, 0.29) is 10.5 Å². The van der Waals surface area contributed by atoms with Crippen molar-refractivity contribution >= 4 is 38.8 Å². The van der Waals surface area contributed by atoms with Crippen LogP contribution in [0.5, 0.6) is 5.75 Å². The molecule has 0 N–H and O–H groups in total. The Hall–Kier alpha value is -2.85. The number of para-hydroxylation sites is 1. The molecule has 30 heavy (non-hydrogen) atoms. The number of nitrogens with zero attached hydrogens (tertiary/aromatic N) is 2. The Morgan fingerprint density at radius 2 is 1.77 bits per heavy atom. The summed E-state index contributed by atoms with van der Waals surface area (Å²) in [6, 6.07) is 13.3. The lowest BCUT2D eigenvalue weighted by atomic mass is 10.1. The highest BCUT2D eigenvalue weighted by molar-refractivity contribution is 7.93. The van der Waals surface area contributed by atoms with Gasteiger partial charge in [-0.2, -0.15) is 4.36 Å². The van der Waals surface area contributed by atoms with Crippen molar-refractivity contribution in [3.8, 4) is 17.6 Å². The standard InChI is InChI=1S/C22H16Cl2N2O3S/c1-29-21-6-4-3-5-16(21)8-7-15-9-17(14-25-13-15)22(27)26-30(2,28)20-11-18(23)10-19(24)12-20/h3-6,9-14H,1-2H3. The normalized spacial score (nSPS) is 12.3. The van der Waals surface area contributed by atoms with Crippen molar-refractivity contribution in [2.75, 3.05) is 13.4 Å². The molecule has 0 aliphatic heterocycles. The summed E-state index contributed by atoms with van der Waals surface area (Å²) in [4.78, 5) is 16.9. The van der Waals surface area contributed by atoms with E-state index in [1.165, 1.54) is 36.8 Å². The number of ether oxygens (including phenoxy) is 1. The Bertz CT molecular complexity index is 1280. The van der Waals surface area contributed by atoms with Crippen LogP contribution in [0.4, 0.5) is 0 Å². The summed E-state index contributed by atoms with van der Waals surface area (Å²) in [6.45, 7) is 0. The van der Waals surface area contributed by atoms with E-state index in [1.807, 2.05) is 18.2 Å². The van der Waals surface area contributed by atoms with Crippen LogP contribution >= 0.6 is 23.2 Å². The average molecular weight is 459 g/mol. The number of benzene rings is 2. The zero-order valence-electron chi connectivity index (χ0n) is 16.1. The second-order valence-corrected chi connectivity index (χ2v) is 9.35. The average Bonchev–Trinajstić information content (AvgIpc) is 2.71. The summed E-state index contributed by atoms with van der Waals surface area (Å²) in [5.41, 5.74) is 1.38. The minimum Gasteiger partial charge on any atom is -0.495 e. The molecule has 0 spiro atoms. The summed E-state index contributed by atoms with van der Waals surface area (Å²) in [5.74, 6) is 5.91. The molecular weight excluding hydrogens is 443 g/mol. The van der Waals surface area contributed by atoms with Gasteiger partial charge in [-0.15, -0.1) is 0 Å². The molecule has 1 heterocycles. The van der Waals surface area contributed by atoms with Crippen LogP contribution in [0.25, 0.3) is 0 Å². The number of halogens is 2. The van der Waals surface area contributed by atoms with Crippen molar-refractivity contribution in [2.24, 2.45) is 4.36 Å². The molecule has 0 saturated carbocycles. The number of hydrogen-bond acceptors (Lipinski definition) is 4. The SMILES string of the molecule is COc1ccccc1C#Cc1cncc(C(=O)N=S(C)(=O)c2cc(Cl)cc(Cl)c2)c1. The van der Waals surface area contributed by atoms with E-state index in [4.69, 9.17) is 27.9 Å². The summed E-state index contributed by atoms with van der Waals surface area (Å²) in [5, 5.41) is 0.620. The highest BCUT2D eigenvalue weighted by atomic mass is 35.5. The van der Waals surface area contributed by atoms with E-state index in [0.29, 0.717) is 26.9 Å². The topological polar surface area (TPSA) is 68.6 Å². The van der Waals surface area contributed by atoms with E-state index in [1.54, 1.807) is 19.2 Å². The maximum absolute atomic E-state index is 13.0. The van der Waals surface area contributed by atoms with Crippen LogP contribution in [0.1, 0.15) is 21.5 Å². The molecule has 1 aromatic heterocycles. The number of hydrogen-bond donors (Lipinski definition) is 0. The number of pyridine rings is 1. The van der Waals surface area contributed by atoms with Crippen molar-refractivity contribution in [3.05, 3.63) is 87.7 Å². The molecule has 0 saturated heterocycles. The lowest BCUT2D eigenvalue weighted by Gasteiger charge is -2.06. The monoisotopic (exact) mass is 458 g/mol. The second-order valence-electron chi connectivity index (χ2n) is 6.22. The van der Waals surface area contributed by atoms with Gasteiger partial charge in [0.1, 0.15) is 5.75 Å². The third-order valence-electron chi connectivity index (χ3n) is 3.96. The van der Waals surface area contributed by atoms with Gasteiger partial charge in [0.2, 0.25) is 0 Å². The van der Waals surface area contributed by atoms with Crippen LogP contribution < -0.4 is 4.74 Å². The highest BCUT2D eigenvalue weighted by Crippen LogP contribution is 2.24. The summed E-state index contributed by atoms with van der Waals surface area (Å²) in [7, 11) is -1.49. The summed E-state index contributed by atoms with van der Waals surface area (Å²) in [6.07, 6.45) is 4.23. The highest BCUT2D eigenvalue weighted by Gasteiger charge is 2.13. The molecule has 2 aromatic carbocycles. The number of aromatic nitrogens is 1. The van der Waals surface area contributed by atoms with Gasteiger partial charge in [-0.05, 0) is 36.4 Å². The van der Waals surface area contributed by atoms with Crippen LogP contribution in [0, 0.1) is 11.8 Å². The van der Waals surface area contributed by atoms with Gasteiger partial charge in [0.05, 0.1) is 32.9 Å². The number of amides is 1. The molecule has 0 fully saturated rings. The zero-order chi connectivity index (χ0) is 21.7. The van der Waals surface area contributed by atoms with Crippen molar-refractivity contribution in [1.82, 2.24) is 4.98 Å². The van der Waals surface area contributed by atoms with E-state index in [9.17, 15) is 9.00 Å². The maximum Gasteiger partial charge on any atom is 0.286 e. The van der Waals surface area contributed by atoms with Gasteiger partial charge in [0.25, 0.3) is 5.91 Å². The van der Waals surface area contributed by atoms with Gasteiger partial charge in [0.15, 0.2) is 0 Å². The van der Waals surface area contributed by atoms with Gasteiger partial charge in [0, 0.05) is 34.3 Å². The van der Waals surface area contributed by atoms with Crippen LogP contribution in [-0.4, -0.2) is 28.5 Å². The first kappa shape index (κ1) is 21.8. The molecule has 5 nitrogen and oxygen atoms in total. The van der Waals surface area contributed by atoms with Crippen molar-refractivity contribution in [3.63, 3.8) is 0 Å². The van der Waals surface area contributed by atoms with Crippen molar-refractivity contribution in [1.29, 1.82) is 0 Å². The van der Waals surface area contributed by atoms with Gasteiger partial charge >= 0.3 is 0 Å². The van der Waals surface area contributed by atoms with Gasteiger partial charge < -0.3 is 4.74 Å². The Morgan fingerprint density at radius 3 is 2.47 bits per heavy atom. The number of carbonyl (C=O) groups is 1. The molecule has 1 amide bonds. The first-order valence-corrected chi connectivity index (χ1v) is 11.3.